The van der Waals surface area contributed by atoms with Gasteiger partial charge in [-0.3, -0.25) is 0 Å². The average molecular weight is 110 g/mol. The van der Waals surface area contributed by atoms with E-state index in [4.69, 9.17) is 19.2 Å². The number of hydrogen-bond donors (Lipinski definition) is 2. The smallest absolute Gasteiger partial charge is 0.388 e. The molecule has 0 aromatic rings. The Hall–Kier alpha value is -0.650. The quantitative estimate of drug-likeness (QED) is 0.197. The van der Waals surface area contributed by atoms with Crippen LogP contribution in [0.15, 0.2) is 0 Å². The molecule has 1 N–H and O–H groups in total. The fourth-order valence-corrected chi connectivity index (χ4v) is 0. The van der Waals surface area contributed by atoms with Crippen LogP contribution in [-0.2, 0) is 10.9 Å². The second-order valence-electron chi connectivity index (χ2n) is 0.511. The molecule has 5 nitrogen and oxygen atoms in total. The fraction of sp³-hybridized carbons (Fsp3) is 0. The predicted octanol–water partition coefficient (Wildman–Crippen LogP) is -0.946. The first-order chi connectivity index (χ1) is 2.64. The summed E-state index contributed by atoms with van der Waals surface area (Å²) >= 11 is 0. The SMILES string of the molecule is N=[N+]([O-])[SH](=O)=O. The highest BCUT2D eigenvalue weighted by Crippen LogP contribution is 1.58. The summed E-state index contributed by atoms with van der Waals surface area (Å²) in [4.78, 5) is 0. The Bertz CT molecular complexity index is 115. The van der Waals surface area contributed by atoms with E-state index in [1.807, 2.05) is 0 Å². The molecule has 0 atom stereocenters. The molecule has 0 aromatic carbocycles. The van der Waals surface area contributed by atoms with Crippen molar-refractivity contribution >= 4 is 10.9 Å². The van der Waals surface area contributed by atoms with Crippen molar-refractivity contribution in [2.24, 2.45) is 0 Å². The minimum Gasteiger partial charge on any atom is -0.584 e. The van der Waals surface area contributed by atoms with E-state index in [0.717, 1.165) is 0 Å². The van der Waals surface area contributed by atoms with E-state index in [1.165, 1.54) is 0 Å². The van der Waals surface area contributed by atoms with Crippen molar-refractivity contribution in [1.29, 1.82) is 5.53 Å². The van der Waals surface area contributed by atoms with Crippen LogP contribution in [0.1, 0.15) is 0 Å². The fourth-order valence-electron chi connectivity index (χ4n) is 0. The molecule has 0 aromatic heterocycles. The largest absolute Gasteiger partial charge is 0.584 e. The molecule has 0 aliphatic carbocycles. The molecule has 0 aliphatic heterocycles. The first-order valence-corrected chi connectivity index (χ1v) is 2.10. The molecule has 0 aliphatic rings. The van der Waals surface area contributed by atoms with Crippen molar-refractivity contribution < 1.29 is 12.7 Å². The molecule has 0 saturated heterocycles. The zero-order valence-corrected chi connectivity index (χ0v) is 3.51. The standard InChI is InChI=1S/H2N2O3S/c1-2(3)6(4)5/h1,6H. The van der Waals surface area contributed by atoms with E-state index in [1.54, 1.807) is 0 Å². The summed E-state index contributed by atoms with van der Waals surface area (Å²) in [6.45, 7) is 0. The van der Waals surface area contributed by atoms with Crippen LogP contribution in [0.3, 0.4) is 0 Å². The molecule has 0 bridgehead atoms. The zero-order valence-electron chi connectivity index (χ0n) is 2.62. The minimum absolute atomic E-state index is 0.880. The van der Waals surface area contributed by atoms with E-state index in [-0.39, 0.29) is 0 Å². The molecule has 6 heavy (non-hydrogen) atoms. The lowest BCUT2D eigenvalue weighted by molar-refractivity contribution is -0.384. The van der Waals surface area contributed by atoms with Gasteiger partial charge in [-0.2, -0.15) is 8.42 Å². The van der Waals surface area contributed by atoms with Crippen LogP contribution in [0, 0.1) is 10.7 Å². The monoisotopic (exact) mass is 110 g/mol. The Balaban J connectivity index is 3.94. The molecule has 0 rings (SSSR count). The van der Waals surface area contributed by atoms with Gasteiger partial charge in [0.05, 0.1) is 0 Å². The van der Waals surface area contributed by atoms with Crippen molar-refractivity contribution in [3.8, 4) is 0 Å². The minimum atomic E-state index is -3.22. The number of hydrogen-bond acceptors (Lipinski definition) is 4. The molecule has 0 unspecified atom stereocenters. The molecule has 6 heteroatoms. The van der Waals surface area contributed by atoms with Crippen LogP contribution in [0.5, 0.6) is 0 Å². The van der Waals surface area contributed by atoms with E-state index in [2.05, 4.69) is 0 Å². The topological polar surface area (TPSA) is 84.1 Å². The summed E-state index contributed by atoms with van der Waals surface area (Å²) < 4.78 is 17.4. The van der Waals surface area contributed by atoms with E-state index < -0.39 is 15.2 Å². The summed E-state index contributed by atoms with van der Waals surface area (Å²) in [6, 6.07) is 0. The van der Waals surface area contributed by atoms with Gasteiger partial charge in [0, 0.05) is 4.27 Å². The first-order valence-electron chi connectivity index (χ1n) is 0.971. The third kappa shape index (κ3) is 1.65. The van der Waals surface area contributed by atoms with Crippen LogP contribution in [0.25, 0.3) is 0 Å². The van der Waals surface area contributed by atoms with Gasteiger partial charge in [0.1, 0.15) is 0 Å². The van der Waals surface area contributed by atoms with Crippen molar-refractivity contribution in [2.75, 3.05) is 0 Å². The Morgan fingerprint density at radius 2 is 1.83 bits per heavy atom. The van der Waals surface area contributed by atoms with Crippen molar-refractivity contribution in [3.05, 3.63) is 5.21 Å². The lowest BCUT2D eigenvalue weighted by Crippen LogP contribution is -1.90. The van der Waals surface area contributed by atoms with Gasteiger partial charge in [-0.15, -0.1) is 0 Å². The van der Waals surface area contributed by atoms with Gasteiger partial charge >= 0.3 is 10.9 Å². The van der Waals surface area contributed by atoms with Gasteiger partial charge in [-0.1, -0.05) is 0 Å². The number of nitrogens with zero attached hydrogens (tertiary/aromatic N) is 1. The second kappa shape index (κ2) is 1.71. The lowest BCUT2D eigenvalue weighted by atomic mass is 13.1. The third-order valence-electron chi connectivity index (χ3n) is 0.148. The third-order valence-corrected chi connectivity index (χ3v) is 0.445. The lowest BCUT2D eigenvalue weighted by Gasteiger charge is -1.76. The Morgan fingerprint density at radius 1 is 1.67 bits per heavy atom. The highest BCUT2D eigenvalue weighted by Gasteiger charge is 1.81. The molecular weight excluding hydrogens is 108 g/mol. The molecule has 0 amide bonds. The van der Waals surface area contributed by atoms with Crippen LogP contribution in [0.4, 0.5) is 0 Å². The maximum atomic E-state index is 9.16. The predicted molar refractivity (Wildman–Crippen MR) is 16.7 cm³/mol. The van der Waals surface area contributed by atoms with Crippen molar-refractivity contribution in [2.45, 2.75) is 0 Å². The summed E-state index contributed by atoms with van der Waals surface area (Å²) in [5, 5.41) is 9.13. The maximum absolute atomic E-state index is 9.16. The van der Waals surface area contributed by atoms with Crippen molar-refractivity contribution in [1.82, 2.24) is 0 Å². The number of nitrogens with one attached hydrogen (secondary N) is 1. The summed E-state index contributed by atoms with van der Waals surface area (Å²) in [5.74, 6) is 0. The summed E-state index contributed by atoms with van der Waals surface area (Å²) in [5.41, 5.74) is 5.71. The zero-order chi connectivity index (χ0) is 5.15. The van der Waals surface area contributed by atoms with Gasteiger partial charge < -0.3 is 5.21 Å². The highest BCUT2D eigenvalue weighted by atomic mass is 32.2. The van der Waals surface area contributed by atoms with Gasteiger partial charge in [0.2, 0.25) is 0 Å². The van der Waals surface area contributed by atoms with Gasteiger partial charge in [-0.25, -0.2) is 0 Å². The van der Waals surface area contributed by atoms with Crippen LogP contribution in [-0.4, -0.2) is 12.7 Å². The van der Waals surface area contributed by atoms with Gasteiger partial charge in [-0.05, 0) is 5.53 Å². The number of thiol groups is 1. The van der Waals surface area contributed by atoms with Crippen molar-refractivity contribution in [3.63, 3.8) is 0 Å². The molecular formula is H2N2O3S. The maximum Gasteiger partial charge on any atom is 0.388 e. The molecule has 0 heterocycles. The molecule has 0 fully saturated rings. The number of rotatable bonds is 1. The molecule has 0 radical (unpaired) electrons. The molecule has 0 spiro atoms. The Labute approximate surface area is 35.4 Å². The average Bonchev–Trinajstić information content (AvgIpc) is 1.36. The second-order valence-corrected chi connectivity index (χ2v) is 1.35. The van der Waals surface area contributed by atoms with E-state index in [9.17, 15) is 0 Å². The van der Waals surface area contributed by atoms with Crippen LogP contribution in [0.2, 0.25) is 0 Å². The van der Waals surface area contributed by atoms with Crippen LogP contribution >= 0.6 is 0 Å². The summed E-state index contributed by atoms with van der Waals surface area (Å²) in [7, 11) is -3.22. The molecule has 36 valence electrons. The Kier molecular flexibility index (Phi) is 1.52. The highest BCUT2D eigenvalue weighted by molar-refractivity contribution is 7.65. The molecule has 0 saturated carbocycles. The first kappa shape index (κ1) is 5.35. The van der Waals surface area contributed by atoms with E-state index in [0.29, 0.717) is 0 Å². The van der Waals surface area contributed by atoms with Gasteiger partial charge in [0.25, 0.3) is 0 Å². The summed E-state index contributed by atoms with van der Waals surface area (Å²) in [6.07, 6.45) is 0. The van der Waals surface area contributed by atoms with Gasteiger partial charge in [0.15, 0.2) is 0 Å². The normalized spacial score (nSPS) is 8.83. The van der Waals surface area contributed by atoms with E-state index >= 15 is 0 Å². The Morgan fingerprint density at radius 3 is 1.83 bits per heavy atom. The van der Waals surface area contributed by atoms with Crippen LogP contribution < -0.4 is 0 Å².